The SMILES string of the molecule is C=C(/C=C(\C=C/C)CCC)OC(C)CN.CC.CC. The van der Waals surface area contributed by atoms with Crippen molar-refractivity contribution < 1.29 is 4.74 Å². The van der Waals surface area contributed by atoms with Crippen molar-refractivity contribution in [1.29, 1.82) is 0 Å². The van der Waals surface area contributed by atoms with Crippen molar-refractivity contribution in [1.82, 2.24) is 0 Å². The van der Waals surface area contributed by atoms with Gasteiger partial charge in [-0.1, -0.05) is 59.8 Å². The quantitative estimate of drug-likeness (QED) is 0.508. The van der Waals surface area contributed by atoms with E-state index in [9.17, 15) is 0 Å². The molecule has 0 spiro atoms. The Bertz CT molecular complexity index is 242. The third kappa shape index (κ3) is 17.0. The van der Waals surface area contributed by atoms with Gasteiger partial charge >= 0.3 is 0 Å². The first-order chi connectivity index (χ1) is 9.13. The second-order valence-corrected chi connectivity index (χ2v) is 3.60. The van der Waals surface area contributed by atoms with Crippen LogP contribution in [0.5, 0.6) is 0 Å². The van der Waals surface area contributed by atoms with Crippen LogP contribution in [-0.4, -0.2) is 12.6 Å². The largest absolute Gasteiger partial charge is 0.490 e. The van der Waals surface area contributed by atoms with Gasteiger partial charge in [0.15, 0.2) is 0 Å². The fourth-order valence-corrected chi connectivity index (χ4v) is 1.25. The van der Waals surface area contributed by atoms with Crippen LogP contribution in [0, 0.1) is 0 Å². The lowest BCUT2D eigenvalue weighted by Gasteiger charge is -2.12. The summed E-state index contributed by atoms with van der Waals surface area (Å²) in [4.78, 5) is 0. The molecule has 0 fully saturated rings. The highest BCUT2D eigenvalue weighted by molar-refractivity contribution is 5.25. The molecule has 0 aliphatic heterocycles. The summed E-state index contributed by atoms with van der Waals surface area (Å²) >= 11 is 0. The normalized spacial score (nSPS) is 11.9. The molecule has 1 unspecified atom stereocenters. The smallest absolute Gasteiger partial charge is 0.112 e. The average molecular weight is 269 g/mol. The lowest BCUT2D eigenvalue weighted by molar-refractivity contribution is 0.149. The lowest BCUT2D eigenvalue weighted by Crippen LogP contribution is -2.19. The summed E-state index contributed by atoms with van der Waals surface area (Å²) in [6.07, 6.45) is 8.30. The molecule has 0 saturated carbocycles. The highest BCUT2D eigenvalue weighted by Gasteiger charge is 2.00. The number of rotatable bonds is 7. The monoisotopic (exact) mass is 269 g/mol. The van der Waals surface area contributed by atoms with Crippen molar-refractivity contribution >= 4 is 0 Å². The maximum absolute atomic E-state index is 5.49. The topological polar surface area (TPSA) is 35.2 Å². The molecular weight excluding hydrogens is 234 g/mol. The predicted octanol–water partition coefficient (Wildman–Crippen LogP) is 5.22. The number of nitrogens with two attached hydrogens (primary N) is 1. The van der Waals surface area contributed by atoms with Crippen molar-refractivity contribution in [3.8, 4) is 0 Å². The van der Waals surface area contributed by atoms with Gasteiger partial charge in [-0.3, -0.25) is 0 Å². The summed E-state index contributed by atoms with van der Waals surface area (Å²) in [6, 6.07) is 0. The van der Waals surface area contributed by atoms with E-state index in [0.717, 1.165) is 12.8 Å². The summed E-state index contributed by atoms with van der Waals surface area (Å²) in [5.41, 5.74) is 6.71. The molecular formula is C17H35NO. The molecule has 0 rings (SSSR count). The first-order valence-corrected chi connectivity index (χ1v) is 7.52. The maximum atomic E-state index is 5.49. The molecule has 0 aromatic carbocycles. The van der Waals surface area contributed by atoms with E-state index >= 15 is 0 Å². The van der Waals surface area contributed by atoms with E-state index in [1.807, 2.05) is 53.7 Å². The van der Waals surface area contributed by atoms with Gasteiger partial charge in [0.2, 0.25) is 0 Å². The van der Waals surface area contributed by atoms with Gasteiger partial charge in [0.05, 0.1) is 0 Å². The van der Waals surface area contributed by atoms with Crippen molar-refractivity contribution in [3.63, 3.8) is 0 Å². The van der Waals surface area contributed by atoms with Gasteiger partial charge < -0.3 is 10.5 Å². The molecule has 0 aliphatic carbocycles. The van der Waals surface area contributed by atoms with E-state index in [1.54, 1.807) is 0 Å². The average Bonchev–Trinajstić information content (AvgIpc) is 2.43. The summed E-state index contributed by atoms with van der Waals surface area (Å²) in [6.45, 7) is 18.5. The minimum atomic E-state index is 0.0298. The Balaban J connectivity index is -0.000000579. The van der Waals surface area contributed by atoms with Gasteiger partial charge in [0, 0.05) is 6.54 Å². The van der Waals surface area contributed by atoms with Gasteiger partial charge in [-0.25, -0.2) is 0 Å². The number of allylic oxidation sites excluding steroid dienone is 4. The summed E-state index contributed by atoms with van der Waals surface area (Å²) in [5.74, 6) is 0.689. The summed E-state index contributed by atoms with van der Waals surface area (Å²) < 4.78 is 5.49. The Kier molecular flexibility index (Phi) is 23.5. The fourth-order valence-electron chi connectivity index (χ4n) is 1.25. The van der Waals surface area contributed by atoms with Crippen LogP contribution in [0.4, 0.5) is 0 Å². The summed E-state index contributed by atoms with van der Waals surface area (Å²) in [7, 11) is 0. The second-order valence-electron chi connectivity index (χ2n) is 3.60. The van der Waals surface area contributed by atoms with Crippen LogP contribution >= 0.6 is 0 Å². The molecule has 0 aromatic rings. The Morgan fingerprint density at radius 3 is 2.16 bits per heavy atom. The second kappa shape index (κ2) is 19.3. The lowest BCUT2D eigenvalue weighted by atomic mass is 10.1. The van der Waals surface area contributed by atoms with Crippen molar-refractivity contribution in [2.24, 2.45) is 5.73 Å². The zero-order chi connectivity index (χ0) is 15.7. The van der Waals surface area contributed by atoms with Crippen LogP contribution in [0.25, 0.3) is 0 Å². The van der Waals surface area contributed by atoms with Crippen LogP contribution in [0.1, 0.15) is 61.3 Å². The molecule has 0 saturated heterocycles. The van der Waals surface area contributed by atoms with E-state index < -0.39 is 0 Å². The zero-order valence-corrected chi connectivity index (χ0v) is 14.1. The Morgan fingerprint density at radius 1 is 1.26 bits per heavy atom. The number of hydrogen-bond donors (Lipinski definition) is 1. The molecule has 0 amide bonds. The molecule has 114 valence electrons. The highest BCUT2D eigenvalue weighted by Crippen LogP contribution is 2.11. The molecule has 0 radical (unpaired) electrons. The minimum absolute atomic E-state index is 0.0298. The Hall–Kier alpha value is -1.02. The molecule has 1 atom stereocenters. The van der Waals surface area contributed by atoms with Crippen LogP contribution in [0.15, 0.2) is 36.1 Å². The Labute approximate surface area is 121 Å². The predicted molar refractivity (Wildman–Crippen MR) is 89.2 cm³/mol. The van der Waals surface area contributed by atoms with Crippen LogP contribution in [0.2, 0.25) is 0 Å². The van der Waals surface area contributed by atoms with E-state index in [2.05, 4.69) is 19.6 Å². The summed E-state index contributed by atoms with van der Waals surface area (Å²) in [5, 5.41) is 0. The molecule has 0 aromatic heterocycles. The van der Waals surface area contributed by atoms with Gasteiger partial charge in [0.25, 0.3) is 0 Å². The third-order valence-electron chi connectivity index (χ3n) is 1.95. The standard InChI is InChI=1S/C13H23NO.2C2H6/c1-5-7-13(8-6-2)9-11(3)15-12(4)10-14;2*1-2/h5,7,9,12H,3,6,8,10,14H2,1-2,4H3;2*1-2H3/b7-5-,13-9+;;. The first kappa shape index (κ1) is 23.1. The van der Waals surface area contributed by atoms with Gasteiger partial charge in [0.1, 0.15) is 11.9 Å². The van der Waals surface area contributed by atoms with Gasteiger partial charge in [-0.05, 0) is 31.9 Å². The molecule has 2 nitrogen and oxygen atoms in total. The minimum Gasteiger partial charge on any atom is -0.490 e. The van der Waals surface area contributed by atoms with E-state index in [4.69, 9.17) is 10.5 Å². The fraction of sp³-hybridized carbons (Fsp3) is 0.647. The molecule has 0 aliphatic rings. The first-order valence-electron chi connectivity index (χ1n) is 7.52. The third-order valence-corrected chi connectivity index (χ3v) is 1.95. The van der Waals surface area contributed by atoms with Gasteiger partial charge in [-0.2, -0.15) is 0 Å². The maximum Gasteiger partial charge on any atom is 0.112 e. The zero-order valence-electron chi connectivity index (χ0n) is 14.1. The highest BCUT2D eigenvalue weighted by atomic mass is 16.5. The van der Waals surface area contributed by atoms with E-state index in [-0.39, 0.29) is 6.10 Å². The van der Waals surface area contributed by atoms with Crippen molar-refractivity contribution in [3.05, 3.63) is 36.1 Å². The van der Waals surface area contributed by atoms with Gasteiger partial charge in [-0.15, -0.1) is 0 Å². The van der Waals surface area contributed by atoms with E-state index in [1.165, 1.54) is 5.57 Å². The van der Waals surface area contributed by atoms with Crippen molar-refractivity contribution in [2.45, 2.75) is 67.4 Å². The van der Waals surface area contributed by atoms with Crippen molar-refractivity contribution in [2.75, 3.05) is 6.54 Å². The molecule has 19 heavy (non-hydrogen) atoms. The molecule has 2 heteroatoms. The van der Waals surface area contributed by atoms with Crippen LogP contribution in [0.3, 0.4) is 0 Å². The Morgan fingerprint density at radius 2 is 1.79 bits per heavy atom. The van der Waals surface area contributed by atoms with E-state index in [0.29, 0.717) is 12.3 Å². The molecule has 2 N–H and O–H groups in total. The number of ether oxygens (including phenoxy) is 1. The van der Waals surface area contributed by atoms with Crippen LogP contribution in [-0.2, 0) is 4.74 Å². The molecule has 0 bridgehead atoms. The van der Waals surface area contributed by atoms with Crippen LogP contribution < -0.4 is 5.73 Å². The number of hydrogen-bond acceptors (Lipinski definition) is 2. The molecule has 0 heterocycles.